The van der Waals surface area contributed by atoms with E-state index >= 15 is 0 Å². The fourth-order valence-corrected chi connectivity index (χ4v) is 3.90. The van der Waals surface area contributed by atoms with Gasteiger partial charge in [0.15, 0.2) is 11.5 Å². The first-order chi connectivity index (χ1) is 14.6. The van der Waals surface area contributed by atoms with Crippen molar-refractivity contribution in [3.05, 3.63) is 95.3 Å². The van der Waals surface area contributed by atoms with E-state index < -0.39 is 29.4 Å². The van der Waals surface area contributed by atoms with Crippen LogP contribution in [0.3, 0.4) is 0 Å². The van der Waals surface area contributed by atoms with Gasteiger partial charge in [-0.25, -0.2) is 9.97 Å². The molecule has 1 aromatic heterocycles. The highest BCUT2D eigenvalue weighted by molar-refractivity contribution is 6.26. The van der Waals surface area contributed by atoms with Crippen molar-refractivity contribution in [2.24, 2.45) is 0 Å². The number of hydrogen-bond acceptors (Lipinski definition) is 6. The Bertz CT molecular complexity index is 1210. The molecule has 0 atom stereocenters. The fourth-order valence-electron chi connectivity index (χ4n) is 3.90. The Labute approximate surface area is 170 Å². The van der Waals surface area contributed by atoms with E-state index in [0.717, 1.165) is 16.0 Å². The van der Waals surface area contributed by atoms with Crippen LogP contribution in [0.1, 0.15) is 37.9 Å². The molecule has 2 amide bonds. The maximum Gasteiger partial charge on any atom is 0.266 e. The van der Waals surface area contributed by atoms with Crippen LogP contribution in [0.4, 0.5) is 0 Å². The van der Waals surface area contributed by atoms with Crippen LogP contribution in [0.2, 0.25) is 0 Å². The van der Waals surface area contributed by atoms with Crippen LogP contribution in [0.5, 0.6) is 11.5 Å². The second-order valence-electron chi connectivity index (χ2n) is 6.90. The molecule has 7 heteroatoms. The first kappa shape index (κ1) is 17.8. The lowest BCUT2D eigenvalue weighted by Crippen LogP contribution is -2.34. The quantitative estimate of drug-likeness (QED) is 0.406. The monoisotopic (exact) mass is 397 g/mol. The number of carbonyl (C=O) groups is 2. The zero-order valence-electron chi connectivity index (χ0n) is 15.6. The molecule has 30 heavy (non-hydrogen) atoms. The lowest BCUT2D eigenvalue weighted by atomic mass is 9.97. The van der Waals surface area contributed by atoms with E-state index in [-0.39, 0.29) is 22.2 Å². The van der Waals surface area contributed by atoms with Gasteiger partial charge in [-0.15, -0.1) is 0 Å². The Kier molecular flexibility index (Phi) is 3.96. The highest BCUT2D eigenvalue weighted by atomic mass is 16.3. The maximum atomic E-state index is 13.4. The average Bonchev–Trinajstić information content (AvgIpc) is 3.05. The number of amides is 2. The topological polar surface area (TPSA) is 104 Å². The number of fused-ring (bicyclic) bond motifs is 2. The standard InChI is InChI=1S/C23H15N3O4/c27-20-15-16(21(28)18-17(20)24-11-12-25-18)23(30)26(22(15)29)19(13-7-3-1-4-8-13)14-9-5-2-6-10-14/h1-12,19,27-28H. The number of rotatable bonds is 3. The van der Waals surface area contributed by atoms with Crippen LogP contribution >= 0.6 is 0 Å². The number of aromatic nitrogens is 2. The van der Waals surface area contributed by atoms with E-state index in [0.29, 0.717) is 0 Å². The minimum atomic E-state index is -0.734. The van der Waals surface area contributed by atoms with E-state index in [2.05, 4.69) is 9.97 Å². The summed E-state index contributed by atoms with van der Waals surface area (Å²) in [6, 6.07) is 17.5. The van der Waals surface area contributed by atoms with E-state index in [1.165, 1.54) is 12.4 Å². The highest BCUT2D eigenvalue weighted by Gasteiger charge is 2.46. The minimum Gasteiger partial charge on any atom is -0.505 e. The largest absolute Gasteiger partial charge is 0.505 e. The molecule has 4 aromatic rings. The molecule has 5 rings (SSSR count). The van der Waals surface area contributed by atoms with Crippen LogP contribution in [0.25, 0.3) is 11.0 Å². The molecule has 2 N–H and O–H groups in total. The van der Waals surface area contributed by atoms with E-state index in [4.69, 9.17) is 0 Å². The van der Waals surface area contributed by atoms with Crippen molar-refractivity contribution < 1.29 is 19.8 Å². The number of aromatic hydroxyl groups is 2. The van der Waals surface area contributed by atoms with E-state index in [1.807, 2.05) is 60.7 Å². The summed E-state index contributed by atoms with van der Waals surface area (Å²) in [5, 5.41) is 21.4. The van der Waals surface area contributed by atoms with E-state index in [9.17, 15) is 19.8 Å². The average molecular weight is 397 g/mol. The van der Waals surface area contributed by atoms with Gasteiger partial charge in [0.2, 0.25) is 0 Å². The SMILES string of the molecule is O=C1c2c(c(O)c3nccnc3c2O)C(=O)N1C(c1ccccc1)c1ccccc1. The van der Waals surface area contributed by atoms with Crippen molar-refractivity contribution in [3.63, 3.8) is 0 Å². The molecule has 7 nitrogen and oxygen atoms in total. The van der Waals surface area contributed by atoms with E-state index in [1.54, 1.807) is 0 Å². The third-order valence-corrected chi connectivity index (χ3v) is 5.22. The lowest BCUT2D eigenvalue weighted by Gasteiger charge is -2.27. The summed E-state index contributed by atoms with van der Waals surface area (Å²) in [5.41, 5.74) is 0.848. The molecular weight excluding hydrogens is 382 g/mol. The molecule has 146 valence electrons. The van der Waals surface area contributed by atoms with Gasteiger partial charge in [-0.2, -0.15) is 0 Å². The molecular formula is C23H15N3O4. The minimum absolute atomic E-state index is 0.0345. The molecule has 1 aliphatic heterocycles. The molecule has 0 fully saturated rings. The van der Waals surface area contributed by atoms with Gasteiger partial charge in [0, 0.05) is 12.4 Å². The van der Waals surface area contributed by atoms with Crippen LogP contribution in [-0.2, 0) is 0 Å². The predicted molar refractivity (Wildman–Crippen MR) is 108 cm³/mol. The lowest BCUT2D eigenvalue weighted by molar-refractivity contribution is 0.0607. The Morgan fingerprint density at radius 1 is 0.667 bits per heavy atom. The third kappa shape index (κ3) is 2.45. The molecule has 0 saturated heterocycles. The van der Waals surface area contributed by atoms with Gasteiger partial charge in [0.1, 0.15) is 22.2 Å². The number of imide groups is 1. The Morgan fingerprint density at radius 2 is 1.07 bits per heavy atom. The second kappa shape index (κ2) is 6.66. The van der Waals surface area contributed by atoms with Crippen molar-refractivity contribution >= 4 is 22.8 Å². The van der Waals surface area contributed by atoms with Gasteiger partial charge in [0.05, 0.1) is 6.04 Å². The summed E-state index contributed by atoms with van der Waals surface area (Å²) < 4.78 is 0. The Hall–Kier alpha value is -4.26. The molecule has 0 saturated carbocycles. The summed E-state index contributed by atoms with van der Waals surface area (Å²) in [6.07, 6.45) is 2.67. The van der Waals surface area contributed by atoms with Crippen LogP contribution < -0.4 is 0 Å². The van der Waals surface area contributed by atoms with Gasteiger partial charge in [-0.1, -0.05) is 60.7 Å². The molecule has 0 bridgehead atoms. The second-order valence-corrected chi connectivity index (χ2v) is 6.90. The third-order valence-electron chi connectivity index (χ3n) is 5.22. The molecule has 0 aliphatic carbocycles. The summed E-state index contributed by atoms with van der Waals surface area (Å²) in [4.78, 5) is 35.9. The van der Waals surface area contributed by atoms with Gasteiger partial charge >= 0.3 is 0 Å². The number of hydrogen-bond donors (Lipinski definition) is 2. The Balaban J connectivity index is 1.75. The summed E-state index contributed by atoms with van der Waals surface area (Å²) in [7, 11) is 0. The molecule has 2 heterocycles. The maximum absolute atomic E-state index is 13.4. The molecule has 3 aromatic carbocycles. The molecule has 0 spiro atoms. The van der Waals surface area contributed by atoms with Crippen LogP contribution in [0.15, 0.2) is 73.1 Å². The smallest absolute Gasteiger partial charge is 0.266 e. The number of benzene rings is 3. The number of carbonyl (C=O) groups excluding carboxylic acids is 2. The summed E-state index contributed by atoms with van der Waals surface area (Å²) >= 11 is 0. The van der Waals surface area contributed by atoms with Gasteiger partial charge in [0.25, 0.3) is 11.8 Å². The van der Waals surface area contributed by atoms with Crippen molar-refractivity contribution in [3.8, 4) is 11.5 Å². The summed E-state index contributed by atoms with van der Waals surface area (Å²) in [6.45, 7) is 0. The normalized spacial score (nSPS) is 13.3. The van der Waals surface area contributed by atoms with Crippen LogP contribution in [-0.4, -0.2) is 36.9 Å². The zero-order valence-corrected chi connectivity index (χ0v) is 15.6. The summed E-state index contributed by atoms with van der Waals surface area (Å²) in [5.74, 6) is -2.33. The Morgan fingerprint density at radius 3 is 1.47 bits per heavy atom. The number of phenolic OH excluding ortho intramolecular Hbond substituents is 2. The highest BCUT2D eigenvalue weighted by Crippen LogP contribution is 2.45. The first-order valence-corrected chi connectivity index (χ1v) is 9.26. The first-order valence-electron chi connectivity index (χ1n) is 9.26. The number of phenols is 2. The van der Waals surface area contributed by atoms with Gasteiger partial charge < -0.3 is 10.2 Å². The van der Waals surface area contributed by atoms with Crippen molar-refractivity contribution in [2.75, 3.05) is 0 Å². The molecule has 0 unspecified atom stereocenters. The molecule has 0 radical (unpaired) electrons. The van der Waals surface area contributed by atoms with Crippen molar-refractivity contribution in [1.29, 1.82) is 0 Å². The van der Waals surface area contributed by atoms with Crippen molar-refractivity contribution in [1.82, 2.24) is 14.9 Å². The van der Waals surface area contributed by atoms with Gasteiger partial charge in [-0.05, 0) is 11.1 Å². The zero-order chi connectivity index (χ0) is 20.8. The van der Waals surface area contributed by atoms with Gasteiger partial charge in [-0.3, -0.25) is 14.5 Å². The van der Waals surface area contributed by atoms with Crippen molar-refractivity contribution in [2.45, 2.75) is 6.04 Å². The fraction of sp³-hybridized carbons (Fsp3) is 0.0435. The predicted octanol–water partition coefficient (Wildman–Crippen LogP) is 3.43. The number of nitrogens with zero attached hydrogens (tertiary/aromatic N) is 3. The van der Waals surface area contributed by atoms with Crippen LogP contribution in [0, 0.1) is 0 Å². The molecule has 1 aliphatic rings.